The quantitative estimate of drug-likeness (QED) is 0.822. The van der Waals surface area contributed by atoms with Crippen molar-refractivity contribution in [3.05, 3.63) is 22.3 Å². The summed E-state index contributed by atoms with van der Waals surface area (Å²) in [6, 6.07) is 0. The van der Waals surface area contributed by atoms with Crippen LogP contribution in [0.5, 0.6) is 5.75 Å². The highest BCUT2D eigenvalue weighted by Crippen LogP contribution is 2.48. The molecule has 2 aliphatic heterocycles. The Morgan fingerprint density at radius 3 is 2.56 bits per heavy atom. The van der Waals surface area contributed by atoms with Gasteiger partial charge in [0, 0.05) is 42.6 Å². The molecule has 2 N–H and O–H groups in total. The van der Waals surface area contributed by atoms with E-state index in [0.717, 1.165) is 29.0 Å². The van der Waals surface area contributed by atoms with Crippen molar-refractivity contribution in [2.75, 3.05) is 12.4 Å². The first-order valence-electron chi connectivity index (χ1n) is 9.05. The van der Waals surface area contributed by atoms with Gasteiger partial charge in [0.2, 0.25) is 0 Å². The maximum absolute atomic E-state index is 11.8. The highest BCUT2D eigenvalue weighted by molar-refractivity contribution is 5.72. The van der Waals surface area contributed by atoms with Crippen LogP contribution in [0.1, 0.15) is 61.8 Å². The molecule has 1 unspecified atom stereocenters. The predicted molar refractivity (Wildman–Crippen MR) is 97.4 cm³/mol. The van der Waals surface area contributed by atoms with Gasteiger partial charge in [-0.05, 0) is 38.8 Å². The van der Waals surface area contributed by atoms with E-state index in [4.69, 9.17) is 9.47 Å². The number of hydrogen-bond donors (Lipinski definition) is 2. The summed E-state index contributed by atoms with van der Waals surface area (Å²) >= 11 is 0. The molecular formula is C20H29NO4. The Morgan fingerprint density at radius 1 is 1.28 bits per heavy atom. The first-order valence-corrected chi connectivity index (χ1v) is 9.05. The molecule has 2 heterocycles. The first kappa shape index (κ1) is 18.1. The molecule has 3 rings (SSSR count). The number of nitrogens with one attached hydrogen (secondary N) is 1. The Bertz CT molecular complexity index is 710. The molecule has 1 saturated heterocycles. The van der Waals surface area contributed by atoms with Crippen LogP contribution in [-0.2, 0) is 16.0 Å². The van der Waals surface area contributed by atoms with Crippen LogP contribution in [0, 0.1) is 13.8 Å². The van der Waals surface area contributed by atoms with Crippen LogP contribution in [0.15, 0.2) is 0 Å². The third kappa shape index (κ3) is 3.10. The molecule has 0 aliphatic carbocycles. The lowest BCUT2D eigenvalue weighted by atomic mass is 9.83. The fourth-order valence-corrected chi connectivity index (χ4v) is 4.36. The molecule has 0 amide bonds. The second-order valence-corrected chi connectivity index (χ2v) is 8.05. The van der Waals surface area contributed by atoms with E-state index < -0.39 is 6.10 Å². The van der Waals surface area contributed by atoms with Crippen LogP contribution >= 0.6 is 0 Å². The number of ether oxygens (including phenoxy) is 2. The van der Waals surface area contributed by atoms with Crippen molar-refractivity contribution < 1.29 is 19.4 Å². The summed E-state index contributed by atoms with van der Waals surface area (Å²) in [7, 11) is 1.93. The van der Waals surface area contributed by atoms with E-state index in [1.807, 2.05) is 7.05 Å². The molecule has 0 bridgehead atoms. The SMILES string of the molecule is CNc1c(C)c2c(c(C(C)[C@@H]3C[C@@H](O)CC(=O)O3)c1C)OC(C)(C)C2. The fourth-order valence-electron chi connectivity index (χ4n) is 4.36. The third-order valence-corrected chi connectivity index (χ3v) is 5.56. The fraction of sp³-hybridized carbons (Fsp3) is 0.650. The zero-order chi connectivity index (χ0) is 18.5. The number of esters is 1. The molecule has 2 aliphatic rings. The van der Waals surface area contributed by atoms with E-state index in [2.05, 4.69) is 39.9 Å². The standard InChI is InChI=1S/C20H29NO4/c1-10-14-9-20(4,5)25-19(14)17(12(3)18(10)21-6)11(2)15-7-13(22)8-16(23)24-15/h11,13,15,21-22H,7-9H2,1-6H3/t11?,13-,15+/m1/s1. The lowest BCUT2D eigenvalue weighted by Gasteiger charge is -2.33. The number of fused-ring (bicyclic) bond motifs is 1. The minimum absolute atomic E-state index is 0.0470. The number of carbonyl (C=O) groups is 1. The van der Waals surface area contributed by atoms with Gasteiger partial charge in [-0.25, -0.2) is 0 Å². The Labute approximate surface area is 149 Å². The summed E-state index contributed by atoms with van der Waals surface area (Å²) in [6.07, 6.45) is 0.440. The summed E-state index contributed by atoms with van der Waals surface area (Å²) in [5, 5.41) is 13.3. The summed E-state index contributed by atoms with van der Waals surface area (Å²) in [5.41, 5.74) is 5.53. The van der Waals surface area contributed by atoms with Crippen molar-refractivity contribution in [3.63, 3.8) is 0 Å². The van der Waals surface area contributed by atoms with Crippen molar-refractivity contribution >= 4 is 11.7 Å². The van der Waals surface area contributed by atoms with Gasteiger partial charge in [-0.1, -0.05) is 6.92 Å². The highest BCUT2D eigenvalue weighted by Gasteiger charge is 2.40. The van der Waals surface area contributed by atoms with Gasteiger partial charge >= 0.3 is 5.97 Å². The largest absolute Gasteiger partial charge is 0.487 e. The Kier molecular flexibility index (Phi) is 4.48. The summed E-state index contributed by atoms with van der Waals surface area (Å²) in [6.45, 7) is 10.5. The lowest BCUT2D eigenvalue weighted by molar-refractivity contribution is -0.161. The smallest absolute Gasteiger partial charge is 0.308 e. The van der Waals surface area contributed by atoms with Crippen LogP contribution < -0.4 is 10.1 Å². The number of aliphatic hydroxyl groups excluding tert-OH is 1. The average Bonchev–Trinajstić information content (AvgIpc) is 2.82. The Morgan fingerprint density at radius 2 is 1.96 bits per heavy atom. The van der Waals surface area contributed by atoms with Crippen molar-refractivity contribution in [2.45, 2.75) is 77.6 Å². The summed E-state index contributed by atoms with van der Waals surface area (Å²) in [4.78, 5) is 11.8. The van der Waals surface area contributed by atoms with Gasteiger partial charge < -0.3 is 19.9 Å². The van der Waals surface area contributed by atoms with Crippen molar-refractivity contribution in [2.24, 2.45) is 0 Å². The Hall–Kier alpha value is -1.75. The molecule has 5 nitrogen and oxygen atoms in total. The molecule has 1 aromatic rings. The Balaban J connectivity index is 2.10. The van der Waals surface area contributed by atoms with Crippen molar-refractivity contribution in [3.8, 4) is 5.75 Å². The van der Waals surface area contributed by atoms with Gasteiger partial charge in [0.05, 0.1) is 12.5 Å². The molecule has 0 saturated carbocycles. The van der Waals surface area contributed by atoms with E-state index in [1.165, 1.54) is 11.1 Å². The molecule has 1 fully saturated rings. The number of aliphatic hydroxyl groups is 1. The number of carbonyl (C=O) groups excluding carboxylic acids is 1. The van der Waals surface area contributed by atoms with Gasteiger partial charge in [0.1, 0.15) is 17.5 Å². The average molecular weight is 347 g/mol. The van der Waals surface area contributed by atoms with Crippen LogP contribution in [0.2, 0.25) is 0 Å². The topological polar surface area (TPSA) is 67.8 Å². The van der Waals surface area contributed by atoms with Crippen LogP contribution in [0.3, 0.4) is 0 Å². The van der Waals surface area contributed by atoms with Gasteiger partial charge in [0.25, 0.3) is 0 Å². The minimum Gasteiger partial charge on any atom is -0.487 e. The van der Waals surface area contributed by atoms with Gasteiger partial charge in [-0.2, -0.15) is 0 Å². The summed E-state index contributed by atoms with van der Waals surface area (Å²) < 4.78 is 11.9. The number of hydrogen-bond acceptors (Lipinski definition) is 5. The molecular weight excluding hydrogens is 318 g/mol. The van der Waals surface area contributed by atoms with Gasteiger partial charge in [-0.15, -0.1) is 0 Å². The number of benzene rings is 1. The molecule has 5 heteroatoms. The van der Waals surface area contributed by atoms with Gasteiger partial charge in [0.15, 0.2) is 0 Å². The second kappa shape index (κ2) is 6.20. The maximum atomic E-state index is 11.8. The lowest BCUT2D eigenvalue weighted by Crippen LogP contribution is -2.36. The molecule has 0 aromatic heterocycles. The van der Waals surface area contributed by atoms with E-state index in [0.29, 0.717) is 6.42 Å². The van der Waals surface area contributed by atoms with E-state index in [9.17, 15) is 9.90 Å². The molecule has 25 heavy (non-hydrogen) atoms. The number of cyclic esters (lactones) is 1. The molecule has 1 aromatic carbocycles. The van der Waals surface area contributed by atoms with E-state index in [1.54, 1.807) is 0 Å². The molecule has 0 radical (unpaired) electrons. The van der Waals surface area contributed by atoms with Crippen molar-refractivity contribution in [1.29, 1.82) is 0 Å². The number of rotatable bonds is 3. The third-order valence-electron chi connectivity index (χ3n) is 5.56. The molecule has 138 valence electrons. The highest BCUT2D eigenvalue weighted by atomic mass is 16.5. The van der Waals surface area contributed by atoms with Crippen LogP contribution in [0.4, 0.5) is 5.69 Å². The second-order valence-electron chi connectivity index (χ2n) is 8.05. The first-order chi connectivity index (χ1) is 11.6. The maximum Gasteiger partial charge on any atom is 0.308 e. The molecule has 3 atom stereocenters. The summed E-state index contributed by atoms with van der Waals surface area (Å²) in [5.74, 6) is 0.559. The van der Waals surface area contributed by atoms with Crippen LogP contribution in [0.25, 0.3) is 0 Å². The van der Waals surface area contributed by atoms with Crippen molar-refractivity contribution in [1.82, 2.24) is 0 Å². The zero-order valence-electron chi connectivity index (χ0n) is 16.0. The zero-order valence-corrected chi connectivity index (χ0v) is 16.0. The number of anilines is 1. The minimum atomic E-state index is -0.631. The normalized spacial score (nSPS) is 25.8. The van der Waals surface area contributed by atoms with E-state index >= 15 is 0 Å². The van der Waals surface area contributed by atoms with E-state index in [-0.39, 0.29) is 30.0 Å². The van der Waals surface area contributed by atoms with Gasteiger partial charge in [-0.3, -0.25) is 4.79 Å². The molecule has 0 spiro atoms. The predicted octanol–water partition coefficient (Wildman–Crippen LogP) is 3.23. The monoisotopic (exact) mass is 347 g/mol. The van der Waals surface area contributed by atoms with Crippen LogP contribution in [-0.4, -0.2) is 35.9 Å².